The van der Waals surface area contributed by atoms with Gasteiger partial charge in [0.15, 0.2) is 0 Å². The molecule has 2 aromatic rings. The first-order valence-electron chi connectivity index (χ1n) is 17.3. The normalized spacial score (nSPS) is 20.8. The molecule has 9 nitrogen and oxygen atoms in total. The van der Waals surface area contributed by atoms with E-state index in [-0.39, 0.29) is 42.5 Å². The van der Waals surface area contributed by atoms with Crippen LogP contribution in [-0.2, 0) is 16.0 Å². The molecule has 3 aliphatic rings. The molecule has 2 saturated heterocycles. The third-order valence-electron chi connectivity index (χ3n) is 9.71. The van der Waals surface area contributed by atoms with E-state index < -0.39 is 5.25 Å². The van der Waals surface area contributed by atoms with Gasteiger partial charge in [-0.2, -0.15) is 0 Å². The second kappa shape index (κ2) is 15.3. The van der Waals surface area contributed by atoms with Crippen LogP contribution in [0.3, 0.4) is 0 Å². The van der Waals surface area contributed by atoms with Crippen LogP contribution in [0.5, 0.6) is 0 Å². The molecule has 2 atom stereocenters. The lowest BCUT2D eigenvalue weighted by Gasteiger charge is -2.38. The molecule has 1 N–H and O–H groups in total. The van der Waals surface area contributed by atoms with Crippen LogP contribution in [0.1, 0.15) is 70.8 Å². The number of nitrogens with one attached hydrogen (secondary N) is 1. The average Bonchev–Trinajstić information content (AvgIpc) is 3.23. The molecule has 258 valence electrons. The van der Waals surface area contributed by atoms with Crippen LogP contribution in [0.4, 0.5) is 16.2 Å². The van der Waals surface area contributed by atoms with E-state index in [0.717, 1.165) is 67.7 Å². The summed E-state index contributed by atoms with van der Waals surface area (Å²) < 4.78 is 0. The van der Waals surface area contributed by atoms with Crippen molar-refractivity contribution in [2.75, 3.05) is 70.6 Å². The fourth-order valence-corrected chi connectivity index (χ4v) is 8.39. The number of likely N-dealkylation sites (tertiary alicyclic amines) is 1. The molecule has 2 fully saturated rings. The Morgan fingerprint density at radius 2 is 1.68 bits per heavy atom. The van der Waals surface area contributed by atoms with Crippen molar-refractivity contribution in [1.82, 2.24) is 19.6 Å². The Bertz CT molecular complexity index is 1410. The predicted octanol–water partition coefficient (Wildman–Crippen LogP) is 6.17. The summed E-state index contributed by atoms with van der Waals surface area (Å²) in [5, 5.41) is 2.54. The van der Waals surface area contributed by atoms with E-state index in [9.17, 15) is 14.4 Å². The first-order valence-corrected chi connectivity index (χ1v) is 18.2. The Labute approximate surface area is 287 Å². The smallest absolute Gasteiger partial charge is 0.322 e. The van der Waals surface area contributed by atoms with Gasteiger partial charge in [-0.3, -0.25) is 9.59 Å². The van der Waals surface area contributed by atoms with Crippen molar-refractivity contribution >= 4 is 41.0 Å². The van der Waals surface area contributed by atoms with Gasteiger partial charge in [-0.25, -0.2) is 4.79 Å². The van der Waals surface area contributed by atoms with Gasteiger partial charge in [-0.05, 0) is 75.9 Å². The third-order valence-corrected chi connectivity index (χ3v) is 11.2. The lowest BCUT2D eigenvalue weighted by Crippen LogP contribution is -2.50. The molecule has 0 aliphatic carbocycles. The van der Waals surface area contributed by atoms with Crippen molar-refractivity contribution in [3.05, 3.63) is 59.7 Å². The number of para-hydroxylation sites is 2. The topological polar surface area (TPSA) is 79.4 Å². The highest BCUT2D eigenvalue weighted by atomic mass is 32.2. The van der Waals surface area contributed by atoms with Crippen molar-refractivity contribution in [2.24, 2.45) is 5.41 Å². The number of nitrogens with zero attached hydrogens (tertiary/aromatic N) is 5. The van der Waals surface area contributed by atoms with Crippen molar-refractivity contribution in [3.8, 4) is 0 Å². The predicted molar refractivity (Wildman–Crippen MR) is 195 cm³/mol. The number of rotatable bonds is 11. The molecule has 3 aliphatic heterocycles. The summed E-state index contributed by atoms with van der Waals surface area (Å²) in [5.74, 6) is 0.103. The summed E-state index contributed by atoms with van der Waals surface area (Å²) >= 11 is 1.64. The van der Waals surface area contributed by atoms with E-state index in [0.29, 0.717) is 26.2 Å². The van der Waals surface area contributed by atoms with Crippen molar-refractivity contribution in [2.45, 2.75) is 76.0 Å². The van der Waals surface area contributed by atoms with Gasteiger partial charge in [0.2, 0.25) is 11.8 Å². The Hall–Kier alpha value is -3.24. The van der Waals surface area contributed by atoms with Gasteiger partial charge in [-0.15, -0.1) is 11.8 Å². The highest BCUT2D eigenvalue weighted by Crippen LogP contribution is 2.47. The van der Waals surface area contributed by atoms with E-state index in [1.165, 1.54) is 0 Å². The molecule has 5 rings (SSSR count). The first-order chi connectivity index (χ1) is 22.4. The van der Waals surface area contributed by atoms with Crippen LogP contribution in [0.15, 0.2) is 48.5 Å². The SMILES string of the molecule is CN(C)CCCN(C)c1ccccc1C1SC(CC(=O)N2CCC(N3CCc4ccccc4NC3=O)CC2)C(=O)N1CCC(C)(C)C.[HH]. The van der Waals surface area contributed by atoms with Crippen LogP contribution in [-0.4, -0.2) is 109 Å². The van der Waals surface area contributed by atoms with Gasteiger partial charge in [0.25, 0.3) is 0 Å². The van der Waals surface area contributed by atoms with Gasteiger partial charge < -0.3 is 29.8 Å². The number of hydrogen-bond acceptors (Lipinski definition) is 6. The number of carbonyl (C=O) groups is 3. The highest BCUT2D eigenvalue weighted by Gasteiger charge is 2.44. The maximum Gasteiger partial charge on any atom is 0.322 e. The summed E-state index contributed by atoms with van der Waals surface area (Å²) in [7, 11) is 6.33. The molecule has 0 bridgehead atoms. The minimum absolute atomic E-state index is 0. The molecule has 0 aromatic heterocycles. The van der Waals surface area contributed by atoms with E-state index in [1.807, 2.05) is 32.9 Å². The summed E-state index contributed by atoms with van der Waals surface area (Å²) in [4.78, 5) is 51.2. The molecule has 47 heavy (non-hydrogen) atoms. The molecule has 0 saturated carbocycles. The van der Waals surface area contributed by atoms with Crippen molar-refractivity contribution < 1.29 is 15.8 Å². The quantitative estimate of drug-likeness (QED) is 0.310. The third kappa shape index (κ3) is 8.82. The van der Waals surface area contributed by atoms with Crippen LogP contribution >= 0.6 is 11.8 Å². The second-order valence-corrected chi connectivity index (χ2v) is 16.1. The number of benzene rings is 2. The van der Waals surface area contributed by atoms with Crippen LogP contribution in [0.2, 0.25) is 0 Å². The molecule has 2 unspecified atom stereocenters. The van der Waals surface area contributed by atoms with E-state index in [1.54, 1.807) is 11.8 Å². The zero-order valence-electron chi connectivity index (χ0n) is 29.2. The zero-order chi connectivity index (χ0) is 33.7. The summed E-state index contributed by atoms with van der Waals surface area (Å²) in [5.41, 5.74) is 4.42. The van der Waals surface area contributed by atoms with E-state index in [4.69, 9.17) is 0 Å². The summed E-state index contributed by atoms with van der Waals surface area (Å²) in [6, 6.07) is 16.5. The first kappa shape index (κ1) is 35.1. The minimum atomic E-state index is -0.410. The molecular formula is C37H56N6O3S. The Morgan fingerprint density at radius 1 is 0.979 bits per heavy atom. The standard InChI is InChI=1S/C37H54N6O3S.H2/c1-37(2,3)19-25-43-34(45)32(47-35(43)29-13-8-10-15-31(29)40(6)21-11-20-39(4)5)26-33(44)41-22-17-28(18-23-41)42-24-16-27-12-7-9-14-30(27)38-36(42)46;/h7-10,12-15,28,32,35H,11,16-26H2,1-6H3,(H,38,46);1H. The fraction of sp³-hybridized carbons (Fsp3) is 0.595. The summed E-state index contributed by atoms with van der Waals surface area (Å²) in [6.07, 6.45) is 4.45. The molecule has 3 heterocycles. The van der Waals surface area contributed by atoms with Crippen LogP contribution in [0, 0.1) is 5.41 Å². The average molecular weight is 665 g/mol. The second-order valence-electron chi connectivity index (χ2n) is 14.8. The van der Waals surface area contributed by atoms with Gasteiger partial charge in [0, 0.05) is 70.6 Å². The molecular weight excluding hydrogens is 609 g/mol. The van der Waals surface area contributed by atoms with Gasteiger partial charge in [0.05, 0.1) is 5.25 Å². The highest BCUT2D eigenvalue weighted by molar-refractivity contribution is 8.01. The van der Waals surface area contributed by atoms with E-state index >= 15 is 0 Å². The molecule has 0 radical (unpaired) electrons. The largest absolute Gasteiger partial charge is 0.374 e. The summed E-state index contributed by atoms with van der Waals surface area (Å²) in [6.45, 7) is 11.1. The maximum absolute atomic E-state index is 14.0. The lowest BCUT2D eigenvalue weighted by atomic mass is 9.92. The number of urea groups is 1. The van der Waals surface area contributed by atoms with Gasteiger partial charge in [-0.1, -0.05) is 57.2 Å². The number of amides is 4. The van der Waals surface area contributed by atoms with E-state index in [2.05, 4.69) is 87.4 Å². The van der Waals surface area contributed by atoms with Crippen LogP contribution in [0.25, 0.3) is 0 Å². The fourth-order valence-electron chi connectivity index (χ4n) is 6.89. The maximum atomic E-state index is 14.0. The minimum Gasteiger partial charge on any atom is -0.374 e. The Morgan fingerprint density at radius 3 is 2.40 bits per heavy atom. The van der Waals surface area contributed by atoms with Crippen molar-refractivity contribution in [1.29, 1.82) is 0 Å². The van der Waals surface area contributed by atoms with Crippen molar-refractivity contribution in [3.63, 3.8) is 0 Å². The zero-order valence-corrected chi connectivity index (χ0v) is 30.0. The molecule has 10 heteroatoms. The number of hydrogen-bond donors (Lipinski definition) is 1. The number of thioether (sulfide) groups is 1. The monoisotopic (exact) mass is 664 g/mol. The van der Waals surface area contributed by atoms with Gasteiger partial charge in [0.1, 0.15) is 5.37 Å². The Kier molecular flexibility index (Phi) is 11.4. The number of carbonyl (C=O) groups excluding carboxylic acids is 3. The van der Waals surface area contributed by atoms with Gasteiger partial charge >= 0.3 is 6.03 Å². The number of piperidine rings is 1. The van der Waals surface area contributed by atoms with Crippen LogP contribution < -0.4 is 10.2 Å². The molecule has 4 amide bonds. The molecule has 2 aromatic carbocycles. The lowest BCUT2D eigenvalue weighted by molar-refractivity contribution is -0.137. The Balaban J connectivity index is 0.00000520. The number of anilines is 2. The number of fused-ring (bicyclic) bond motifs is 1. The molecule has 0 spiro atoms.